The molecule has 1 unspecified atom stereocenters. The quantitative estimate of drug-likeness (QED) is 0.602. The molecular weight excluding hydrogens is 210 g/mol. The lowest BCUT2D eigenvalue weighted by Gasteiger charge is -2.28. The van der Waals surface area contributed by atoms with Crippen LogP contribution >= 0.6 is 11.8 Å². The SMILES string of the molecule is CC(C)(C)C(CN)Sc1nccc(=O)[nH]1. The van der Waals surface area contributed by atoms with Crippen molar-refractivity contribution >= 4 is 11.8 Å². The molecule has 4 nitrogen and oxygen atoms in total. The molecule has 84 valence electrons. The van der Waals surface area contributed by atoms with E-state index in [-0.39, 0.29) is 16.2 Å². The maximum Gasteiger partial charge on any atom is 0.251 e. The normalized spacial score (nSPS) is 13.9. The number of nitrogens with two attached hydrogens (primary N) is 1. The van der Waals surface area contributed by atoms with E-state index in [1.165, 1.54) is 24.0 Å². The van der Waals surface area contributed by atoms with Crippen LogP contribution in [-0.4, -0.2) is 21.8 Å². The molecule has 1 rings (SSSR count). The number of nitrogens with zero attached hydrogens (tertiary/aromatic N) is 1. The number of rotatable bonds is 3. The van der Waals surface area contributed by atoms with Crippen molar-refractivity contribution in [2.24, 2.45) is 11.1 Å². The molecule has 1 heterocycles. The molecule has 0 saturated heterocycles. The minimum Gasteiger partial charge on any atom is -0.329 e. The third-order valence-electron chi connectivity index (χ3n) is 2.08. The molecule has 3 N–H and O–H groups in total. The van der Waals surface area contributed by atoms with E-state index in [2.05, 4.69) is 30.7 Å². The first-order valence-corrected chi connectivity index (χ1v) is 5.73. The zero-order valence-electron chi connectivity index (χ0n) is 9.28. The second-order valence-electron chi connectivity index (χ2n) is 4.45. The van der Waals surface area contributed by atoms with Crippen molar-refractivity contribution in [3.63, 3.8) is 0 Å². The zero-order valence-corrected chi connectivity index (χ0v) is 10.1. The van der Waals surface area contributed by atoms with Gasteiger partial charge in [-0.05, 0) is 5.41 Å². The lowest BCUT2D eigenvalue weighted by atomic mass is 9.92. The van der Waals surface area contributed by atoms with Crippen LogP contribution in [0.25, 0.3) is 0 Å². The molecule has 0 aromatic carbocycles. The van der Waals surface area contributed by atoms with Crippen LogP contribution in [0.15, 0.2) is 22.2 Å². The average Bonchev–Trinajstić information content (AvgIpc) is 2.12. The second-order valence-corrected chi connectivity index (χ2v) is 5.64. The van der Waals surface area contributed by atoms with Crippen LogP contribution in [0.1, 0.15) is 20.8 Å². The summed E-state index contributed by atoms with van der Waals surface area (Å²) >= 11 is 1.52. The summed E-state index contributed by atoms with van der Waals surface area (Å²) in [6, 6.07) is 1.40. The van der Waals surface area contributed by atoms with Gasteiger partial charge in [0.15, 0.2) is 5.16 Å². The van der Waals surface area contributed by atoms with E-state index in [4.69, 9.17) is 5.73 Å². The summed E-state index contributed by atoms with van der Waals surface area (Å²) in [6.07, 6.45) is 1.51. The number of aromatic amines is 1. The number of aromatic nitrogens is 2. The number of hydrogen-bond donors (Lipinski definition) is 2. The minimum absolute atomic E-state index is 0.0911. The van der Waals surface area contributed by atoms with Crippen molar-refractivity contribution in [1.82, 2.24) is 9.97 Å². The Bertz CT molecular complexity index is 369. The van der Waals surface area contributed by atoms with E-state index in [0.717, 1.165) is 0 Å². The molecule has 5 heteroatoms. The lowest BCUT2D eigenvalue weighted by Crippen LogP contribution is -2.31. The fourth-order valence-corrected chi connectivity index (χ4v) is 2.13. The van der Waals surface area contributed by atoms with Gasteiger partial charge in [-0.25, -0.2) is 4.98 Å². The second kappa shape index (κ2) is 4.81. The van der Waals surface area contributed by atoms with Gasteiger partial charge in [0.2, 0.25) is 0 Å². The van der Waals surface area contributed by atoms with Gasteiger partial charge < -0.3 is 10.7 Å². The maximum absolute atomic E-state index is 11.1. The van der Waals surface area contributed by atoms with Gasteiger partial charge in [-0.1, -0.05) is 32.5 Å². The van der Waals surface area contributed by atoms with Gasteiger partial charge in [0.1, 0.15) is 0 Å². The predicted octanol–water partition coefficient (Wildman–Crippen LogP) is 1.24. The van der Waals surface area contributed by atoms with E-state index in [9.17, 15) is 4.79 Å². The van der Waals surface area contributed by atoms with Crippen LogP contribution in [0.3, 0.4) is 0 Å². The van der Waals surface area contributed by atoms with Crippen LogP contribution in [0.2, 0.25) is 0 Å². The number of thioether (sulfide) groups is 1. The first-order valence-electron chi connectivity index (χ1n) is 4.85. The Morgan fingerprint density at radius 2 is 2.27 bits per heavy atom. The molecule has 0 aliphatic heterocycles. The smallest absolute Gasteiger partial charge is 0.251 e. The van der Waals surface area contributed by atoms with Gasteiger partial charge in [-0.15, -0.1) is 0 Å². The summed E-state index contributed by atoms with van der Waals surface area (Å²) in [6.45, 7) is 6.93. The molecule has 0 bridgehead atoms. The van der Waals surface area contributed by atoms with E-state index in [1.54, 1.807) is 0 Å². The number of nitrogens with one attached hydrogen (secondary N) is 1. The third kappa shape index (κ3) is 3.68. The van der Waals surface area contributed by atoms with Crippen molar-refractivity contribution in [2.45, 2.75) is 31.2 Å². The van der Waals surface area contributed by atoms with Crippen LogP contribution in [-0.2, 0) is 0 Å². The van der Waals surface area contributed by atoms with Gasteiger partial charge in [-0.2, -0.15) is 0 Å². The Morgan fingerprint density at radius 3 is 2.73 bits per heavy atom. The summed E-state index contributed by atoms with van der Waals surface area (Å²) in [4.78, 5) is 17.8. The van der Waals surface area contributed by atoms with E-state index < -0.39 is 0 Å². The topological polar surface area (TPSA) is 71.8 Å². The molecule has 0 aliphatic rings. The van der Waals surface area contributed by atoms with Crippen LogP contribution in [0, 0.1) is 5.41 Å². The minimum atomic E-state index is -0.128. The first-order chi connectivity index (χ1) is 6.93. The standard InChI is InChI=1S/C10H17N3OS/c1-10(2,3)7(6-11)15-9-12-5-4-8(14)13-9/h4-5,7H,6,11H2,1-3H3,(H,12,13,14). The van der Waals surface area contributed by atoms with Crippen LogP contribution < -0.4 is 11.3 Å². The van der Waals surface area contributed by atoms with Gasteiger partial charge in [0.25, 0.3) is 5.56 Å². The third-order valence-corrected chi connectivity index (χ3v) is 3.70. The van der Waals surface area contributed by atoms with Crippen molar-refractivity contribution in [3.05, 3.63) is 22.6 Å². The van der Waals surface area contributed by atoms with Gasteiger partial charge in [0.05, 0.1) is 0 Å². The Kier molecular flexibility index (Phi) is 3.93. The van der Waals surface area contributed by atoms with Gasteiger partial charge >= 0.3 is 0 Å². The van der Waals surface area contributed by atoms with E-state index >= 15 is 0 Å². The van der Waals surface area contributed by atoms with Crippen LogP contribution in [0.4, 0.5) is 0 Å². The summed E-state index contributed by atoms with van der Waals surface area (Å²) in [5.41, 5.74) is 5.67. The van der Waals surface area contributed by atoms with Crippen molar-refractivity contribution < 1.29 is 0 Å². The summed E-state index contributed by atoms with van der Waals surface area (Å²) < 4.78 is 0. The molecule has 0 amide bonds. The van der Waals surface area contributed by atoms with Crippen LogP contribution in [0.5, 0.6) is 0 Å². The number of H-pyrrole nitrogens is 1. The molecule has 1 atom stereocenters. The highest BCUT2D eigenvalue weighted by molar-refractivity contribution is 7.99. The fraction of sp³-hybridized carbons (Fsp3) is 0.600. The molecule has 0 aliphatic carbocycles. The highest BCUT2D eigenvalue weighted by Gasteiger charge is 2.24. The first kappa shape index (κ1) is 12.3. The Hall–Kier alpha value is -0.810. The largest absolute Gasteiger partial charge is 0.329 e. The summed E-state index contributed by atoms with van der Waals surface area (Å²) in [5, 5.41) is 0.871. The average molecular weight is 227 g/mol. The molecule has 0 saturated carbocycles. The van der Waals surface area contributed by atoms with Gasteiger partial charge in [-0.3, -0.25) is 4.79 Å². The Morgan fingerprint density at radius 1 is 1.60 bits per heavy atom. The van der Waals surface area contributed by atoms with Crippen molar-refractivity contribution in [1.29, 1.82) is 0 Å². The maximum atomic E-state index is 11.1. The lowest BCUT2D eigenvalue weighted by molar-refractivity contribution is 0.398. The monoisotopic (exact) mass is 227 g/mol. The summed E-state index contributed by atoms with van der Waals surface area (Å²) in [7, 11) is 0. The highest BCUT2D eigenvalue weighted by atomic mass is 32.2. The molecule has 0 radical (unpaired) electrons. The zero-order chi connectivity index (χ0) is 11.5. The predicted molar refractivity (Wildman–Crippen MR) is 63.0 cm³/mol. The van der Waals surface area contributed by atoms with E-state index in [0.29, 0.717) is 11.7 Å². The van der Waals surface area contributed by atoms with Crippen molar-refractivity contribution in [2.75, 3.05) is 6.54 Å². The molecule has 1 aromatic rings. The molecular formula is C10H17N3OS. The molecule has 0 fully saturated rings. The summed E-state index contributed by atoms with van der Waals surface area (Å²) in [5.74, 6) is 0. The van der Waals surface area contributed by atoms with Gasteiger partial charge in [0, 0.05) is 24.1 Å². The van der Waals surface area contributed by atoms with E-state index in [1.807, 2.05) is 0 Å². The highest BCUT2D eigenvalue weighted by Crippen LogP contribution is 2.32. The fourth-order valence-electron chi connectivity index (χ4n) is 1.13. The number of hydrogen-bond acceptors (Lipinski definition) is 4. The molecule has 15 heavy (non-hydrogen) atoms. The van der Waals surface area contributed by atoms with Crippen molar-refractivity contribution in [3.8, 4) is 0 Å². The Labute approximate surface area is 93.7 Å². The molecule has 0 spiro atoms. The molecule has 1 aromatic heterocycles. The Balaban J connectivity index is 2.80.